The second-order valence-electron chi connectivity index (χ2n) is 14.3. The number of rotatable bonds is 10. The lowest BCUT2D eigenvalue weighted by atomic mass is 9.70. The molecule has 0 atom stereocenters. The summed E-state index contributed by atoms with van der Waals surface area (Å²) in [5, 5.41) is 2.53. The first kappa shape index (κ1) is 32.1. The fourth-order valence-corrected chi connectivity index (χ4v) is 8.68. The first-order valence-corrected chi connectivity index (χ1v) is 19.0. The Balaban J connectivity index is 1.17. The van der Waals surface area contributed by atoms with Crippen molar-refractivity contribution in [2.24, 2.45) is 0 Å². The molecule has 0 bridgehead atoms. The van der Waals surface area contributed by atoms with Gasteiger partial charge < -0.3 is 4.57 Å². The maximum atomic E-state index is 5.26. The van der Waals surface area contributed by atoms with Crippen LogP contribution < -0.4 is 0 Å². The largest absolute Gasteiger partial charge is 0.309 e. The van der Waals surface area contributed by atoms with Crippen LogP contribution in [0.3, 0.4) is 0 Å². The predicted molar refractivity (Wildman–Crippen MR) is 218 cm³/mol. The van der Waals surface area contributed by atoms with E-state index in [-0.39, 0.29) is 5.41 Å². The van der Waals surface area contributed by atoms with Crippen LogP contribution in [-0.2, 0) is 5.41 Å². The van der Waals surface area contributed by atoms with Crippen molar-refractivity contribution in [2.45, 2.75) is 57.8 Å². The van der Waals surface area contributed by atoms with Crippen LogP contribution in [0.1, 0.15) is 63.5 Å². The molecule has 0 saturated heterocycles. The molecule has 0 spiro atoms. The van der Waals surface area contributed by atoms with Gasteiger partial charge in [0.1, 0.15) is 0 Å². The topological polar surface area (TPSA) is 30.7 Å². The van der Waals surface area contributed by atoms with Gasteiger partial charge in [-0.1, -0.05) is 155 Å². The van der Waals surface area contributed by atoms with E-state index in [9.17, 15) is 0 Å². The normalized spacial score (nSPS) is 13.0. The van der Waals surface area contributed by atoms with E-state index in [4.69, 9.17) is 9.97 Å². The van der Waals surface area contributed by atoms with E-state index < -0.39 is 0 Å². The van der Waals surface area contributed by atoms with Crippen LogP contribution in [0.2, 0.25) is 0 Å². The first-order valence-electron chi connectivity index (χ1n) is 19.0. The van der Waals surface area contributed by atoms with Gasteiger partial charge in [0.2, 0.25) is 0 Å². The second-order valence-corrected chi connectivity index (χ2v) is 14.3. The van der Waals surface area contributed by atoms with Crippen molar-refractivity contribution in [3.8, 4) is 50.7 Å². The number of unbranched alkanes of at least 4 members (excludes halogenated alkanes) is 2. The number of hydrogen-bond donors (Lipinski definition) is 0. The van der Waals surface area contributed by atoms with Crippen molar-refractivity contribution < 1.29 is 0 Å². The van der Waals surface area contributed by atoms with E-state index in [2.05, 4.69) is 164 Å². The monoisotopic (exact) mass is 673 g/mol. The van der Waals surface area contributed by atoms with Crippen LogP contribution in [0.4, 0.5) is 0 Å². The average Bonchev–Trinajstić information content (AvgIpc) is 3.69. The number of aromatic nitrogens is 3. The number of benzene rings is 6. The molecule has 3 nitrogen and oxygen atoms in total. The minimum absolute atomic E-state index is 0.0225. The summed E-state index contributed by atoms with van der Waals surface area (Å²) in [6.45, 7) is 4.63. The van der Waals surface area contributed by atoms with Crippen molar-refractivity contribution in [3.63, 3.8) is 0 Å². The number of hydrogen-bond acceptors (Lipinski definition) is 2. The van der Waals surface area contributed by atoms with E-state index in [1.54, 1.807) is 0 Å². The summed E-state index contributed by atoms with van der Waals surface area (Å²) in [5.41, 5.74) is 14.4. The Bertz CT molecular complexity index is 2480. The maximum absolute atomic E-state index is 5.26. The zero-order valence-corrected chi connectivity index (χ0v) is 30.0. The van der Waals surface area contributed by atoms with Crippen LogP contribution >= 0.6 is 0 Å². The molecule has 6 aromatic carbocycles. The van der Waals surface area contributed by atoms with Gasteiger partial charge in [0.05, 0.1) is 22.4 Å². The molecule has 0 saturated carbocycles. The third kappa shape index (κ3) is 5.35. The zero-order valence-electron chi connectivity index (χ0n) is 30.0. The van der Waals surface area contributed by atoms with Gasteiger partial charge in [-0.15, -0.1) is 0 Å². The number of fused-ring (bicyclic) bond motifs is 6. The average molecular weight is 674 g/mol. The van der Waals surface area contributed by atoms with Gasteiger partial charge in [0, 0.05) is 38.6 Å². The van der Waals surface area contributed by atoms with Crippen LogP contribution in [-0.4, -0.2) is 14.5 Å². The molecule has 9 rings (SSSR count). The van der Waals surface area contributed by atoms with Gasteiger partial charge in [0.15, 0.2) is 5.82 Å². The highest BCUT2D eigenvalue weighted by Gasteiger charge is 2.42. The highest BCUT2D eigenvalue weighted by molar-refractivity contribution is 6.09. The van der Waals surface area contributed by atoms with Gasteiger partial charge in [0.25, 0.3) is 0 Å². The molecule has 0 amide bonds. The SMILES string of the molecule is CCCCC1(CCCC)c2ccccc2-c2ccc(-c3cc(-c4ccc(-n5c6ccccc6c6ccccc65)cc4)nc(-c4ccccc4)n3)cc21. The van der Waals surface area contributed by atoms with Crippen molar-refractivity contribution in [2.75, 3.05) is 0 Å². The molecular weight excluding hydrogens is 631 g/mol. The third-order valence-corrected chi connectivity index (χ3v) is 11.2. The lowest BCUT2D eigenvalue weighted by molar-refractivity contribution is 0.414. The van der Waals surface area contributed by atoms with Gasteiger partial charge in [-0.25, -0.2) is 9.97 Å². The molecule has 2 heterocycles. The first-order chi connectivity index (χ1) is 25.7. The van der Waals surface area contributed by atoms with E-state index >= 15 is 0 Å². The van der Waals surface area contributed by atoms with Gasteiger partial charge >= 0.3 is 0 Å². The van der Waals surface area contributed by atoms with Crippen LogP contribution in [0.25, 0.3) is 72.5 Å². The molecule has 0 unspecified atom stereocenters. The van der Waals surface area contributed by atoms with Crippen molar-refractivity contribution in [1.82, 2.24) is 14.5 Å². The van der Waals surface area contributed by atoms with Crippen LogP contribution in [0, 0.1) is 0 Å². The highest BCUT2D eigenvalue weighted by atomic mass is 15.0. The van der Waals surface area contributed by atoms with E-state index in [0.29, 0.717) is 0 Å². The molecule has 8 aromatic rings. The van der Waals surface area contributed by atoms with E-state index in [1.807, 2.05) is 6.07 Å². The van der Waals surface area contributed by atoms with E-state index in [0.717, 1.165) is 39.6 Å². The summed E-state index contributed by atoms with van der Waals surface area (Å²) < 4.78 is 2.36. The lowest BCUT2D eigenvalue weighted by Gasteiger charge is -2.33. The fraction of sp³-hybridized carbons (Fsp3) is 0.184. The molecular formula is C49H43N3. The van der Waals surface area contributed by atoms with Crippen molar-refractivity contribution in [1.29, 1.82) is 0 Å². The van der Waals surface area contributed by atoms with Crippen molar-refractivity contribution >= 4 is 21.8 Å². The molecule has 1 aliphatic carbocycles. The van der Waals surface area contributed by atoms with Gasteiger partial charge in [-0.3, -0.25) is 0 Å². The summed E-state index contributed by atoms with van der Waals surface area (Å²) in [7, 11) is 0. The molecule has 0 radical (unpaired) electrons. The van der Waals surface area contributed by atoms with Crippen molar-refractivity contribution in [3.05, 3.63) is 163 Å². The smallest absolute Gasteiger partial charge is 0.160 e. The minimum atomic E-state index is 0.0225. The molecule has 0 aliphatic heterocycles. The maximum Gasteiger partial charge on any atom is 0.160 e. The lowest BCUT2D eigenvalue weighted by Crippen LogP contribution is -2.25. The third-order valence-electron chi connectivity index (χ3n) is 11.2. The van der Waals surface area contributed by atoms with Crippen LogP contribution in [0.15, 0.2) is 152 Å². The molecule has 3 heteroatoms. The Kier molecular flexibility index (Phi) is 8.28. The Labute approximate surface area is 306 Å². The summed E-state index contributed by atoms with van der Waals surface area (Å²) in [6.07, 6.45) is 7.13. The standard InChI is InChI=1S/C49H43N3/c1-3-5-30-49(31-6-4-2)42-21-13-10-18-38(42)39-29-26-36(32-43(39)49)45-33-44(50-48(51-45)35-16-8-7-9-17-35)34-24-27-37(28-25-34)52-46-22-14-11-19-40(46)41-20-12-15-23-47(41)52/h7-29,32-33H,3-6,30-31H2,1-2H3. The number of para-hydroxylation sites is 2. The Morgan fingerprint density at radius 2 is 1.04 bits per heavy atom. The Hall–Kier alpha value is -5.80. The highest BCUT2D eigenvalue weighted by Crippen LogP contribution is 2.54. The second kappa shape index (κ2) is 13.4. The van der Waals surface area contributed by atoms with Crippen LogP contribution in [0.5, 0.6) is 0 Å². The molecule has 0 N–H and O–H groups in total. The molecule has 254 valence electrons. The fourth-order valence-electron chi connectivity index (χ4n) is 8.68. The summed E-state index contributed by atoms with van der Waals surface area (Å²) in [4.78, 5) is 10.4. The number of nitrogens with zero attached hydrogens (tertiary/aromatic N) is 3. The molecule has 1 aliphatic rings. The quantitative estimate of drug-likeness (QED) is 0.145. The van der Waals surface area contributed by atoms with E-state index in [1.165, 1.54) is 82.6 Å². The summed E-state index contributed by atoms with van der Waals surface area (Å²) in [6, 6.07) is 55.0. The summed E-state index contributed by atoms with van der Waals surface area (Å²) in [5.74, 6) is 0.742. The minimum Gasteiger partial charge on any atom is -0.309 e. The Morgan fingerprint density at radius 3 is 1.71 bits per heavy atom. The Morgan fingerprint density at radius 1 is 0.481 bits per heavy atom. The molecule has 2 aromatic heterocycles. The van der Waals surface area contributed by atoms with Gasteiger partial charge in [-0.2, -0.15) is 0 Å². The molecule has 52 heavy (non-hydrogen) atoms. The van der Waals surface area contributed by atoms with Gasteiger partial charge in [-0.05, 0) is 71.5 Å². The zero-order chi connectivity index (χ0) is 35.1. The summed E-state index contributed by atoms with van der Waals surface area (Å²) >= 11 is 0. The predicted octanol–water partition coefficient (Wildman–Crippen LogP) is 13.2. The molecule has 0 fully saturated rings.